The molecule has 2 nitrogen and oxygen atoms in total. The zero-order valence-electron chi connectivity index (χ0n) is 8.36. The summed E-state index contributed by atoms with van der Waals surface area (Å²) in [5.41, 5.74) is 2.27. The highest BCUT2D eigenvalue weighted by Crippen LogP contribution is 2.21. The lowest BCUT2D eigenvalue weighted by Gasteiger charge is -2.10. The van der Waals surface area contributed by atoms with Crippen molar-refractivity contribution < 1.29 is 8.98 Å². The monoisotopic (exact) mass is 188 g/mol. The molecule has 0 radical (unpaired) electrons. The smallest absolute Gasteiger partial charge is 0.348 e. The van der Waals surface area contributed by atoms with Gasteiger partial charge in [0.1, 0.15) is 0 Å². The third-order valence-electron chi connectivity index (χ3n) is 3.05. The van der Waals surface area contributed by atoms with Gasteiger partial charge in [-0.05, 0) is 12.0 Å². The van der Waals surface area contributed by atoms with E-state index in [1.807, 2.05) is 12.1 Å². The van der Waals surface area contributed by atoms with Crippen LogP contribution in [0.3, 0.4) is 0 Å². The second kappa shape index (κ2) is 2.84. The average Bonchev–Trinajstić information content (AvgIpc) is 2.54. The molecular weight excluding hydrogens is 174 g/mol. The van der Waals surface area contributed by atoms with Gasteiger partial charge in [0.05, 0.1) is 6.42 Å². The molecule has 3 rings (SSSR count). The van der Waals surface area contributed by atoms with Gasteiger partial charge in [-0.1, -0.05) is 19.1 Å². The van der Waals surface area contributed by atoms with Gasteiger partial charge in [-0.25, -0.2) is 0 Å². The van der Waals surface area contributed by atoms with E-state index in [0.29, 0.717) is 0 Å². The zero-order valence-corrected chi connectivity index (χ0v) is 8.36. The number of para-hydroxylation sites is 2. The van der Waals surface area contributed by atoms with Crippen molar-refractivity contribution in [2.24, 2.45) is 5.92 Å². The number of aryl methyl sites for hydroxylation is 1. The molecule has 0 saturated carbocycles. The second-order valence-corrected chi connectivity index (χ2v) is 4.21. The predicted octanol–water partition coefficient (Wildman–Crippen LogP) is 2.30. The highest BCUT2D eigenvalue weighted by molar-refractivity contribution is 5.68. The molecule has 0 amide bonds. The number of hydrogen-bond donors (Lipinski definition) is 0. The van der Waals surface area contributed by atoms with Crippen LogP contribution < -0.4 is 4.57 Å². The van der Waals surface area contributed by atoms with Crippen LogP contribution in [-0.4, -0.2) is 0 Å². The summed E-state index contributed by atoms with van der Waals surface area (Å²) in [6.45, 7) is 3.39. The average molecular weight is 188 g/mol. The lowest BCUT2D eigenvalue weighted by Crippen LogP contribution is -2.41. The predicted molar refractivity (Wildman–Crippen MR) is 53.9 cm³/mol. The molecule has 2 heteroatoms. The maximum Gasteiger partial charge on any atom is 0.348 e. The van der Waals surface area contributed by atoms with Gasteiger partial charge in [0.2, 0.25) is 5.58 Å². The molecule has 72 valence electrons. The van der Waals surface area contributed by atoms with Gasteiger partial charge in [0.15, 0.2) is 6.54 Å². The highest BCUT2D eigenvalue weighted by Gasteiger charge is 2.28. The highest BCUT2D eigenvalue weighted by atomic mass is 16.4. The third-order valence-corrected chi connectivity index (χ3v) is 3.05. The van der Waals surface area contributed by atoms with Crippen molar-refractivity contribution in [3.63, 3.8) is 0 Å². The molecule has 0 N–H and O–H groups in total. The van der Waals surface area contributed by atoms with Crippen LogP contribution in [0.5, 0.6) is 0 Å². The fraction of sp³-hybridized carbons (Fsp3) is 0.417. The Hall–Kier alpha value is -1.31. The van der Waals surface area contributed by atoms with Gasteiger partial charge in [-0.3, -0.25) is 0 Å². The molecule has 0 saturated heterocycles. The summed E-state index contributed by atoms with van der Waals surface area (Å²) < 4.78 is 8.14. The largest absolute Gasteiger partial charge is 0.401 e. The first-order valence-electron chi connectivity index (χ1n) is 5.25. The molecule has 2 aromatic rings. The summed E-state index contributed by atoms with van der Waals surface area (Å²) >= 11 is 0. The van der Waals surface area contributed by atoms with E-state index in [0.717, 1.165) is 30.4 Å². The lowest BCUT2D eigenvalue weighted by atomic mass is 10.0. The zero-order chi connectivity index (χ0) is 9.54. The Labute approximate surface area is 83.2 Å². The van der Waals surface area contributed by atoms with Crippen molar-refractivity contribution in [1.29, 1.82) is 0 Å². The number of aromatic nitrogens is 1. The van der Waals surface area contributed by atoms with E-state index in [9.17, 15) is 0 Å². The SMILES string of the molecule is C[C@H]1CC[n+]2c(oc3ccccc32)C1. The van der Waals surface area contributed by atoms with Crippen LogP contribution in [0.25, 0.3) is 11.1 Å². The fourth-order valence-corrected chi connectivity index (χ4v) is 2.23. The van der Waals surface area contributed by atoms with Crippen LogP contribution >= 0.6 is 0 Å². The molecule has 0 aliphatic carbocycles. The van der Waals surface area contributed by atoms with E-state index in [2.05, 4.69) is 23.6 Å². The molecule has 14 heavy (non-hydrogen) atoms. The number of hydrogen-bond acceptors (Lipinski definition) is 1. The van der Waals surface area contributed by atoms with Crippen molar-refractivity contribution >= 4 is 11.1 Å². The Balaban J connectivity index is 2.24. The van der Waals surface area contributed by atoms with E-state index >= 15 is 0 Å². The first kappa shape index (κ1) is 8.04. The Morgan fingerprint density at radius 1 is 1.36 bits per heavy atom. The maximum atomic E-state index is 5.82. The van der Waals surface area contributed by atoms with Gasteiger partial charge in [0.25, 0.3) is 5.52 Å². The van der Waals surface area contributed by atoms with Crippen molar-refractivity contribution in [3.05, 3.63) is 30.2 Å². The Kier molecular flexibility index (Phi) is 1.63. The van der Waals surface area contributed by atoms with Crippen LogP contribution in [0, 0.1) is 5.92 Å². The Bertz CT molecular complexity index is 472. The first-order chi connectivity index (χ1) is 6.84. The summed E-state index contributed by atoms with van der Waals surface area (Å²) in [6, 6.07) is 8.29. The van der Waals surface area contributed by atoms with E-state index < -0.39 is 0 Å². The second-order valence-electron chi connectivity index (χ2n) is 4.21. The van der Waals surface area contributed by atoms with Gasteiger partial charge in [-0.15, -0.1) is 0 Å². The third kappa shape index (κ3) is 1.07. The molecule has 1 aromatic carbocycles. The van der Waals surface area contributed by atoms with Gasteiger partial charge < -0.3 is 4.42 Å². The Morgan fingerprint density at radius 3 is 3.14 bits per heavy atom. The van der Waals surface area contributed by atoms with Crippen LogP contribution in [0.1, 0.15) is 19.2 Å². The molecule has 1 aliphatic rings. The quantitative estimate of drug-likeness (QED) is 0.580. The van der Waals surface area contributed by atoms with Crippen LogP contribution in [0.4, 0.5) is 0 Å². The summed E-state index contributed by atoms with van der Waals surface area (Å²) in [5, 5.41) is 0. The van der Waals surface area contributed by atoms with Crippen LogP contribution in [0.2, 0.25) is 0 Å². The topological polar surface area (TPSA) is 17.0 Å². The van der Waals surface area contributed by atoms with E-state index in [1.165, 1.54) is 11.9 Å². The Morgan fingerprint density at radius 2 is 2.21 bits per heavy atom. The van der Waals surface area contributed by atoms with Crippen LogP contribution in [-0.2, 0) is 13.0 Å². The molecule has 1 aromatic heterocycles. The molecule has 2 heterocycles. The minimum Gasteiger partial charge on any atom is -0.401 e. The number of benzene rings is 1. The normalized spacial score (nSPS) is 21.1. The number of nitrogens with zero attached hydrogens (tertiary/aromatic N) is 1. The summed E-state index contributed by atoms with van der Waals surface area (Å²) in [4.78, 5) is 0. The summed E-state index contributed by atoms with van der Waals surface area (Å²) in [6.07, 6.45) is 2.34. The minimum atomic E-state index is 0.760. The van der Waals surface area contributed by atoms with Crippen molar-refractivity contribution in [2.45, 2.75) is 26.3 Å². The lowest BCUT2D eigenvalue weighted by molar-refractivity contribution is -0.691. The molecular formula is C12H14NO+. The summed E-state index contributed by atoms with van der Waals surface area (Å²) in [5.74, 6) is 1.90. The van der Waals surface area contributed by atoms with Crippen LogP contribution in [0.15, 0.2) is 28.7 Å². The van der Waals surface area contributed by atoms with E-state index in [1.54, 1.807) is 0 Å². The molecule has 0 spiro atoms. The number of rotatable bonds is 0. The molecule has 1 aliphatic heterocycles. The van der Waals surface area contributed by atoms with Gasteiger partial charge in [-0.2, -0.15) is 4.57 Å². The van der Waals surface area contributed by atoms with Crippen molar-refractivity contribution in [3.8, 4) is 0 Å². The fourth-order valence-electron chi connectivity index (χ4n) is 2.23. The van der Waals surface area contributed by atoms with Crippen molar-refractivity contribution in [2.75, 3.05) is 0 Å². The first-order valence-corrected chi connectivity index (χ1v) is 5.25. The molecule has 0 fully saturated rings. The van der Waals surface area contributed by atoms with Gasteiger partial charge in [0, 0.05) is 12.5 Å². The minimum absolute atomic E-state index is 0.760. The number of oxazole rings is 1. The van der Waals surface area contributed by atoms with E-state index in [-0.39, 0.29) is 0 Å². The number of fused-ring (bicyclic) bond motifs is 3. The molecule has 0 bridgehead atoms. The van der Waals surface area contributed by atoms with Crippen molar-refractivity contribution in [1.82, 2.24) is 0 Å². The molecule has 1 atom stereocenters. The molecule has 0 unspecified atom stereocenters. The standard InChI is InChI=1S/C12H14NO/c1-9-6-7-13-10-4-2-3-5-11(10)14-12(13)8-9/h2-5,9H,6-8H2,1H3/q+1/t9-/m0/s1. The maximum absolute atomic E-state index is 5.82. The summed E-state index contributed by atoms with van der Waals surface area (Å²) in [7, 11) is 0. The van der Waals surface area contributed by atoms with E-state index in [4.69, 9.17) is 4.42 Å². The van der Waals surface area contributed by atoms with Gasteiger partial charge >= 0.3 is 5.89 Å².